The standard InChI is InChI=1S/C17H10ClF2N3O3/c18-13-7-10(3-6-14(13)20)21-8-12-15(24)22-17(26)23(16(12)25)11-4-1-9(19)2-5-11/h1-8,12H,(H,22,24,26). The van der Waals surface area contributed by atoms with Crippen LogP contribution < -0.4 is 10.2 Å². The van der Waals surface area contributed by atoms with E-state index in [9.17, 15) is 23.2 Å². The lowest BCUT2D eigenvalue weighted by atomic mass is 10.1. The molecule has 1 atom stereocenters. The van der Waals surface area contributed by atoms with E-state index in [0.717, 1.165) is 29.3 Å². The average Bonchev–Trinajstić information content (AvgIpc) is 2.59. The second kappa shape index (κ2) is 7.01. The molecule has 1 N–H and O–H groups in total. The number of carbonyl (C=O) groups is 3. The summed E-state index contributed by atoms with van der Waals surface area (Å²) in [5.41, 5.74) is 0.326. The number of rotatable bonds is 3. The van der Waals surface area contributed by atoms with Crippen LogP contribution in [0.3, 0.4) is 0 Å². The smallest absolute Gasteiger partial charge is 0.276 e. The first-order valence-corrected chi connectivity index (χ1v) is 7.68. The van der Waals surface area contributed by atoms with Gasteiger partial charge in [0.25, 0.3) is 5.91 Å². The molecule has 0 bridgehead atoms. The van der Waals surface area contributed by atoms with Gasteiger partial charge in [0.1, 0.15) is 11.6 Å². The van der Waals surface area contributed by atoms with Gasteiger partial charge in [-0.2, -0.15) is 0 Å². The molecule has 1 fully saturated rings. The minimum Gasteiger partial charge on any atom is -0.276 e. The number of amides is 4. The highest BCUT2D eigenvalue weighted by Gasteiger charge is 2.40. The monoisotopic (exact) mass is 377 g/mol. The van der Waals surface area contributed by atoms with E-state index in [1.165, 1.54) is 24.3 Å². The fraction of sp³-hybridized carbons (Fsp3) is 0.0588. The van der Waals surface area contributed by atoms with E-state index >= 15 is 0 Å². The Balaban J connectivity index is 1.88. The Kier molecular flexibility index (Phi) is 4.77. The Morgan fingerprint density at radius 2 is 1.77 bits per heavy atom. The van der Waals surface area contributed by atoms with Gasteiger partial charge < -0.3 is 0 Å². The first kappa shape index (κ1) is 17.7. The van der Waals surface area contributed by atoms with Gasteiger partial charge in [0.2, 0.25) is 5.91 Å². The molecule has 2 aromatic rings. The third-order valence-electron chi connectivity index (χ3n) is 3.56. The number of benzene rings is 2. The van der Waals surface area contributed by atoms with Crippen molar-refractivity contribution in [2.75, 3.05) is 4.90 Å². The molecule has 3 rings (SSSR count). The van der Waals surface area contributed by atoms with Crippen LogP contribution in [-0.4, -0.2) is 24.1 Å². The van der Waals surface area contributed by atoms with Gasteiger partial charge >= 0.3 is 6.03 Å². The number of hydrogen-bond acceptors (Lipinski definition) is 4. The zero-order valence-corrected chi connectivity index (χ0v) is 13.7. The normalized spacial score (nSPS) is 17.7. The van der Waals surface area contributed by atoms with Gasteiger partial charge in [-0.15, -0.1) is 0 Å². The summed E-state index contributed by atoms with van der Waals surface area (Å²) >= 11 is 5.65. The number of barbiturate groups is 1. The third kappa shape index (κ3) is 3.45. The van der Waals surface area contributed by atoms with Crippen molar-refractivity contribution in [2.24, 2.45) is 10.9 Å². The Hall–Kier alpha value is -3.13. The largest absolute Gasteiger partial charge is 0.335 e. The predicted octanol–water partition coefficient (Wildman–Crippen LogP) is 3.22. The van der Waals surface area contributed by atoms with E-state index < -0.39 is 35.4 Å². The molecule has 26 heavy (non-hydrogen) atoms. The number of carbonyl (C=O) groups excluding carboxylic acids is 3. The Bertz CT molecular complexity index is 931. The lowest BCUT2D eigenvalue weighted by molar-refractivity contribution is -0.131. The number of halogens is 3. The summed E-state index contributed by atoms with van der Waals surface area (Å²) in [5, 5.41) is 1.87. The van der Waals surface area contributed by atoms with Gasteiger partial charge in [-0.1, -0.05) is 11.6 Å². The van der Waals surface area contributed by atoms with E-state index in [4.69, 9.17) is 11.6 Å². The third-order valence-corrected chi connectivity index (χ3v) is 3.85. The fourth-order valence-corrected chi connectivity index (χ4v) is 2.46. The van der Waals surface area contributed by atoms with E-state index in [0.29, 0.717) is 0 Å². The minimum atomic E-state index is -1.39. The highest BCUT2D eigenvalue weighted by molar-refractivity contribution is 6.33. The van der Waals surface area contributed by atoms with Crippen LogP contribution in [0.5, 0.6) is 0 Å². The zero-order valence-electron chi connectivity index (χ0n) is 12.9. The lowest BCUT2D eigenvalue weighted by Gasteiger charge is -2.28. The predicted molar refractivity (Wildman–Crippen MR) is 90.5 cm³/mol. The summed E-state index contributed by atoms with van der Waals surface area (Å²) in [7, 11) is 0. The summed E-state index contributed by atoms with van der Waals surface area (Å²) in [4.78, 5) is 41.2. The number of urea groups is 1. The average molecular weight is 378 g/mol. The molecule has 1 aliphatic rings. The van der Waals surface area contributed by atoms with Crippen molar-refractivity contribution in [2.45, 2.75) is 0 Å². The van der Waals surface area contributed by atoms with Crippen LogP contribution in [0.4, 0.5) is 25.0 Å². The van der Waals surface area contributed by atoms with Gasteiger partial charge in [0, 0.05) is 6.21 Å². The summed E-state index contributed by atoms with van der Waals surface area (Å²) in [5.74, 6) is -4.26. The second-order valence-electron chi connectivity index (χ2n) is 5.30. The molecule has 0 radical (unpaired) electrons. The summed E-state index contributed by atoms with van der Waals surface area (Å²) in [6.45, 7) is 0. The zero-order chi connectivity index (χ0) is 18.8. The topological polar surface area (TPSA) is 78.8 Å². The van der Waals surface area contributed by atoms with Gasteiger partial charge in [-0.25, -0.2) is 18.5 Å². The molecule has 1 saturated heterocycles. The number of anilines is 1. The molecule has 0 aromatic heterocycles. The van der Waals surface area contributed by atoms with Crippen molar-refractivity contribution in [1.82, 2.24) is 5.32 Å². The molecule has 1 aliphatic heterocycles. The molecular weight excluding hydrogens is 368 g/mol. The molecule has 4 amide bonds. The molecule has 0 spiro atoms. The maximum Gasteiger partial charge on any atom is 0.335 e. The summed E-state index contributed by atoms with van der Waals surface area (Å²) in [6, 6.07) is 7.30. The van der Waals surface area contributed by atoms with Crippen LogP contribution in [0.25, 0.3) is 0 Å². The first-order valence-electron chi connectivity index (χ1n) is 7.30. The van der Waals surface area contributed by atoms with E-state index in [2.05, 4.69) is 4.99 Å². The molecule has 6 nitrogen and oxygen atoms in total. The number of hydrogen-bond donors (Lipinski definition) is 1. The first-order chi connectivity index (χ1) is 12.4. The Morgan fingerprint density at radius 1 is 1.08 bits per heavy atom. The van der Waals surface area contributed by atoms with Crippen LogP contribution in [0, 0.1) is 17.6 Å². The number of aliphatic imine (C=N–C) groups is 1. The van der Waals surface area contributed by atoms with Gasteiger partial charge in [0.15, 0.2) is 5.92 Å². The number of nitrogens with zero attached hydrogens (tertiary/aromatic N) is 2. The summed E-state index contributed by atoms with van der Waals surface area (Å²) < 4.78 is 26.2. The van der Waals surface area contributed by atoms with E-state index in [1.807, 2.05) is 5.32 Å². The second-order valence-corrected chi connectivity index (χ2v) is 5.71. The molecule has 0 saturated carbocycles. The Morgan fingerprint density at radius 3 is 2.42 bits per heavy atom. The molecule has 0 aliphatic carbocycles. The molecule has 1 heterocycles. The van der Waals surface area contributed by atoms with Crippen molar-refractivity contribution < 1.29 is 23.2 Å². The minimum absolute atomic E-state index is 0.102. The maximum absolute atomic E-state index is 13.2. The van der Waals surface area contributed by atoms with Gasteiger partial charge in [0.05, 0.1) is 16.4 Å². The Labute approximate surface area is 151 Å². The summed E-state index contributed by atoms with van der Waals surface area (Å²) in [6.07, 6.45) is 1.03. The van der Waals surface area contributed by atoms with Crippen molar-refractivity contribution in [3.8, 4) is 0 Å². The molecule has 9 heteroatoms. The number of imide groups is 2. The molecule has 132 valence electrons. The lowest BCUT2D eigenvalue weighted by Crippen LogP contribution is -2.58. The van der Waals surface area contributed by atoms with Crippen LogP contribution in [0.1, 0.15) is 0 Å². The molecule has 1 unspecified atom stereocenters. The van der Waals surface area contributed by atoms with Crippen molar-refractivity contribution in [3.05, 3.63) is 59.1 Å². The van der Waals surface area contributed by atoms with E-state index in [1.54, 1.807) is 0 Å². The van der Waals surface area contributed by atoms with Crippen LogP contribution in [0.15, 0.2) is 47.5 Å². The van der Waals surface area contributed by atoms with Crippen molar-refractivity contribution in [3.63, 3.8) is 0 Å². The van der Waals surface area contributed by atoms with E-state index in [-0.39, 0.29) is 16.4 Å². The van der Waals surface area contributed by atoms with Crippen molar-refractivity contribution in [1.29, 1.82) is 0 Å². The molecular formula is C17H10ClF2N3O3. The maximum atomic E-state index is 13.2. The highest BCUT2D eigenvalue weighted by Crippen LogP contribution is 2.23. The van der Waals surface area contributed by atoms with Gasteiger partial charge in [-0.3, -0.25) is 19.9 Å². The SMILES string of the molecule is O=C1NC(=O)N(c2ccc(F)cc2)C(=O)C1C=Nc1ccc(F)c(Cl)c1. The van der Waals surface area contributed by atoms with Crippen LogP contribution in [-0.2, 0) is 9.59 Å². The fourth-order valence-electron chi connectivity index (χ4n) is 2.28. The van der Waals surface area contributed by atoms with Crippen LogP contribution in [0.2, 0.25) is 5.02 Å². The highest BCUT2D eigenvalue weighted by atomic mass is 35.5. The van der Waals surface area contributed by atoms with Crippen molar-refractivity contribution >= 4 is 47.0 Å². The molecule has 2 aromatic carbocycles. The van der Waals surface area contributed by atoms with Gasteiger partial charge in [-0.05, 0) is 42.5 Å². The number of nitrogens with one attached hydrogen (secondary N) is 1. The van der Waals surface area contributed by atoms with Crippen LogP contribution >= 0.6 is 11.6 Å². The quantitative estimate of drug-likeness (QED) is 0.659.